The molecule has 0 rings (SSSR count). The molecular weight excluding hydrogens is 336 g/mol. The van der Waals surface area contributed by atoms with Crippen LogP contribution in [0, 0.1) is 5.92 Å². The third-order valence-electron chi connectivity index (χ3n) is 5.62. The highest BCUT2D eigenvalue weighted by molar-refractivity contribution is 5.68. The van der Waals surface area contributed by atoms with Crippen molar-refractivity contribution < 1.29 is 14.6 Å². The zero-order chi connectivity index (χ0) is 20.2. The van der Waals surface area contributed by atoms with E-state index >= 15 is 0 Å². The van der Waals surface area contributed by atoms with E-state index in [-0.39, 0.29) is 6.10 Å². The van der Waals surface area contributed by atoms with Gasteiger partial charge in [-0.25, -0.2) is 0 Å². The van der Waals surface area contributed by atoms with E-state index in [2.05, 4.69) is 13.8 Å². The molecule has 3 nitrogen and oxygen atoms in total. The van der Waals surface area contributed by atoms with E-state index in [1.165, 1.54) is 77.0 Å². The highest BCUT2D eigenvalue weighted by Gasteiger charge is 2.18. The second kappa shape index (κ2) is 20.2. The third-order valence-corrected chi connectivity index (χ3v) is 5.62. The number of hydrogen-bond donors (Lipinski definition) is 0. The monoisotopic (exact) mass is 383 g/mol. The summed E-state index contributed by atoms with van der Waals surface area (Å²) in [6, 6.07) is 0. The number of rotatable bonds is 21. The van der Waals surface area contributed by atoms with Gasteiger partial charge in [0.2, 0.25) is 0 Å². The third kappa shape index (κ3) is 17.3. The largest absolute Gasteiger partial charge is 0.550 e. The minimum atomic E-state index is -0.950. The summed E-state index contributed by atoms with van der Waals surface area (Å²) < 4.78 is 5.65. The Morgan fingerprint density at radius 1 is 0.704 bits per heavy atom. The lowest BCUT2D eigenvalue weighted by molar-refractivity contribution is -0.315. The smallest absolute Gasteiger partial charge is 0.0627 e. The number of aliphatic carboxylic acids is 1. The summed E-state index contributed by atoms with van der Waals surface area (Å²) >= 11 is 0. The Labute approximate surface area is 169 Å². The van der Waals surface area contributed by atoms with Gasteiger partial charge in [0.15, 0.2) is 0 Å². The maximum Gasteiger partial charge on any atom is 0.0627 e. The van der Waals surface area contributed by atoms with Crippen molar-refractivity contribution in [2.24, 2.45) is 5.92 Å². The molecular formula is C24H47O3-. The Hall–Kier alpha value is -0.570. The number of carboxylic acids is 1. The quantitative estimate of drug-likeness (QED) is 0.215. The van der Waals surface area contributed by atoms with E-state index in [0.717, 1.165) is 25.7 Å². The maximum absolute atomic E-state index is 11.3. The van der Waals surface area contributed by atoms with Gasteiger partial charge in [-0.3, -0.25) is 0 Å². The molecule has 0 heterocycles. The highest BCUT2D eigenvalue weighted by Crippen LogP contribution is 2.18. The molecule has 0 bridgehead atoms. The molecule has 0 saturated heterocycles. The fourth-order valence-electron chi connectivity index (χ4n) is 3.63. The van der Waals surface area contributed by atoms with Crippen LogP contribution in [-0.2, 0) is 9.53 Å². The Bertz CT molecular complexity index is 317. The normalized spacial score (nSPS) is 13.6. The molecule has 0 aromatic rings. The number of carbonyl (C=O) groups excluding carboxylic acids is 1. The van der Waals surface area contributed by atoms with Crippen molar-refractivity contribution >= 4 is 5.97 Å². The molecule has 0 aromatic carbocycles. The molecule has 0 spiro atoms. The molecule has 2 unspecified atom stereocenters. The molecule has 2 atom stereocenters. The molecule has 0 amide bonds. The number of carboxylic acid groups (broad SMARTS) is 1. The summed E-state index contributed by atoms with van der Waals surface area (Å²) in [7, 11) is 0. The average molecular weight is 384 g/mol. The Kier molecular flexibility index (Phi) is 19.7. The SMILES string of the molecule is CCCCCCCCCCCCCCCCC(C(=O)[O-])C(C)OCCCC. The molecule has 27 heavy (non-hydrogen) atoms. The summed E-state index contributed by atoms with van der Waals surface area (Å²) in [5.41, 5.74) is 0. The maximum atomic E-state index is 11.3. The van der Waals surface area contributed by atoms with Crippen molar-refractivity contribution in [3.8, 4) is 0 Å². The van der Waals surface area contributed by atoms with Crippen LogP contribution in [0.2, 0.25) is 0 Å². The van der Waals surface area contributed by atoms with Crippen LogP contribution in [0.1, 0.15) is 130 Å². The molecule has 0 aliphatic carbocycles. The van der Waals surface area contributed by atoms with Crippen LogP contribution in [0.5, 0.6) is 0 Å². The predicted molar refractivity (Wildman–Crippen MR) is 114 cm³/mol. The number of unbranched alkanes of at least 4 members (excludes halogenated alkanes) is 14. The van der Waals surface area contributed by atoms with Gasteiger partial charge in [0, 0.05) is 18.5 Å². The summed E-state index contributed by atoms with van der Waals surface area (Å²) in [6.07, 6.45) is 21.0. The summed E-state index contributed by atoms with van der Waals surface area (Å²) in [5.74, 6) is -1.41. The molecule has 0 saturated carbocycles. The van der Waals surface area contributed by atoms with Crippen molar-refractivity contribution in [3.63, 3.8) is 0 Å². The van der Waals surface area contributed by atoms with Gasteiger partial charge in [-0.05, 0) is 19.8 Å². The first kappa shape index (κ1) is 26.4. The van der Waals surface area contributed by atoms with Crippen LogP contribution in [0.15, 0.2) is 0 Å². The lowest BCUT2D eigenvalue weighted by Gasteiger charge is -2.25. The standard InChI is InChI=1S/C24H48O3/c1-4-6-8-9-10-11-12-13-14-15-16-17-18-19-20-23(24(25)26)22(3)27-21-7-5-2/h22-23H,4-21H2,1-3H3,(H,25,26)/p-1. The van der Waals surface area contributed by atoms with E-state index in [4.69, 9.17) is 4.74 Å². The molecule has 3 heteroatoms. The molecule has 0 aliphatic heterocycles. The lowest BCUT2D eigenvalue weighted by Crippen LogP contribution is -2.38. The van der Waals surface area contributed by atoms with Gasteiger partial charge in [0.05, 0.1) is 6.10 Å². The molecule has 0 radical (unpaired) electrons. The van der Waals surface area contributed by atoms with Crippen molar-refractivity contribution in [1.82, 2.24) is 0 Å². The Balaban J connectivity index is 3.48. The number of ether oxygens (including phenoxy) is 1. The van der Waals surface area contributed by atoms with Crippen LogP contribution < -0.4 is 5.11 Å². The summed E-state index contributed by atoms with van der Waals surface area (Å²) in [4.78, 5) is 11.3. The van der Waals surface area contributed by atoms with Gasteiger partial charge in [0.25, 0.3) is 0 Å². The summed E-state index contributed by atoms with van der Waals surface area (Å²) in [6.45, 7) is 6.91. The minimum absolute atomic E-state index is 0.233. The van der Waals surface area contributed by atoms with Crippen LogP contribution in [0.3, 0.4) is 0 Å². The van der Waals surface area contributed by atoms with Crippen LogP contribution in [-0.4, -0.2) is 18.7 Å². The zero-order valence-electron chi connectivity index (χ0n) is 18.6. The first-order valence-electron chi connectivity index (χ1n) is 12.0. The van der Waals surface area contributed by atoms with Gasteiger partial charge < -0.3 is 14.6 Å². The van der Waals surface area contributed by atoms with Gasteiger partial charge >= 0.3 is 0 Å². The van der Waals surface area contributed by atoms with Crippen LogP contribution in [0.4, 0.5) is 0 Å². The topological polar surface area (TPSA) is 49.4 Å². The molecule has 0 aliphatic rings. The molecule has 0 N–H and O–H groups in total. The van der Waals surface area contributed by atoms with Crippen molar-refractivity contribution in [2.45, 2.75) is 136 Å². The van der Waals surface area contributed by atoms with Gasteiger partial charge in [-0.2, -0.15) is 0 Å². The van der Waals surface area contributed by atoms with E-state index in [1.807, 2.05) is 6.92 Å². The second-order valence-corrected chi connectivity index (χ2v) is 8.24. The highest BCUT2D eigenvalue weighted by atomic mass is 16.5. The Morgan fingerprint density at radius 3 is 1.52 bits per heavy atom. The molecule has 0 fully saturated rings. The average Bonchev–Trinajstić information content (AvgIpc) is 2.64. The van der Waals surface area contributed by atoms with Crippen molar-refractivity contribution in [1.29, 1.82) is 0 Å². The first-order chi connectivity index (χ1) is 13.1. The summed E-state index contributed by atoms with van der Waals surface area (Å²) in [5, 5.41) is 11.3. The fourth-order valence-corrected chi connectivity index (χ4v) is 3.63. The molecule has 162 valence electrons. The predicted octanol–water partition coefficient (Wildman–Crippen LogP) is 6.43. The lowest BCUT2D eigenvalue weighted by atomic mass is 9.95. The van der Waals surface area contributed by atoms with Gasteiger partial charge in [-0.1, -0.05) is 110 Å². The van der Waals surface area contributed by atoms with Gasteiger partial charge in [-0.15, -0.1) is 0 Å². The van der Waals surface area contributed by atoms with Crippen LogP contribution >= 0.6 is 0 Å². The van der Waals surface area contributed by atoms with E-state index in [1.54, 1.807) is 0 Å². The Morgan fingerprint density at radius 2 is 1.11 bits per heavy atom. The van der Waals surface area contributed by atoms with E-state index < -0.39 is 11.9 Å². The number of hydrogen-bond acceptors (Lipinski definition) is 3. The van der Waals surface area contributed by atoms with Gasteiger partial charge in [0.1, 0.15) is 0 Å². The zero-order valence-corrected chi connectivity index (χ0v) is 18.6. The van der Waals surface area contributed by atoms with Crippen molar-refractivity contribution in [2.75, 3.05) is 6.61 Å². The second-order valence-electron chi connectivity index (χ2n) is 8.24. The van der Waals surface area contributed by atoms with Crippen LogP contribution in [0.25, 0.3) is 0 Å². The number of carbonyl (C=O) groups is 1. The van der Waals surface area contributed by atoms with Crippen molar-refractivity contribution in [3.05, 3.63) is 0 Å². The first-order valence-corrected chi connectivity index (χ1v) is 12.0. The fraction of sp³-hybridized carbons (Fsp3) is 0.958. The van der Waals surface area contributed by atoms with E-state index in [9.17, 15) is 9.90 Å². The molecule has 0 aromatic heterocycles. The minimum Gasteiger partial charge on any atom is -0.550 e. The van der Waals surface area contributed by atoms with E-state index in [0.29, 0.717) is 13.0 Å².